The molecular formula is C15H27N3O3. The minimum absolute atomic E-state index is 0.0729. The van der Waals surface area contributed by atoms with Gasteiger partial charge in [0.15, 0.2) is 0 Å². The van der Waals surface area contributed by atoms with Crippen molar-refractivity contribution in [3.63, 3.8) is 0 Å². The van der Waals surface area contributed by atoms with Gasteiger partial charge in [-0.15, -0.1) is 0 Å². The maximum atomic E-state index is 6.00. The summed E-state index contributed by atoms with van der Waals surface area (Å²) in [5, 5.41) is 0. The van der Waals surface area contributed by atoms with Gasteiger partial charge in [-0.2, -0.15) is 0 Å². The molecule has 0 bridgehead atoms. The number of rotatable bonds is 10. The Labute approximate surface area is 127 Å². The monoisotopic (exact) mass is 297 g/mol. The quantitative estimate of drug-likeness (QED) is 0.697. The van der Waals surface area contributed by atoms with Gasteiger partial charge < -0.3 is 19.9 Å². The highest BCUT2D eigenvalue weighted by Gasteiger charge is 2.24. The van der Waals surface area contributed by atoms with Crippen LogP contribution in [0.3, 0.4) is 0 Å². The second kappa shape index (κ2) is 9.68. The molecule has 2 N–H and O–H groups in total. The summed E-state index contributed by atoms with van der Waals surface area (Å²) in [6, 6.07) is 4.17. The SMILES string of the molecule is COCCN(C(C)COC)C(CN)c1ccc(OC)nc1. The van der Waals surface area contributed by atoms with Crippen LogP contribution in [0.5, 0.6) is 5.88 Å². The van der Waals surface area contributed by atoms with Gasteiger partial charge in [-0.3, -0.25) is 4.90 Å². The van der Waals surface area contributed by atoms with Crippen LogP contribution in [0.1, 0.15) is 18.5 Å². The number of hydrogen-bond donors (Lipinski definition) is 1. The predicted molar refractivity (Wildman–Crippen MR) is 82.5 cm³/mol. The Morgan fingerprint density at radius 2 is 2.00 bits per heavy atom. The van der Waals surface area contributed by atoms with Crippen LogP contribution in [0.4, 0.5) is 0 Å². The van der Waals surface area contributed by atoms with Crippen LogP contribution >= 0.6 is 0 Å². The van der Waals surface area contributed by atoms with Crippen LogP contribution in [0.2, 0.25) is 0 Å². The number of hydrogen-bond acceptors (Lipinski definition) is 6. The normalized spacial score (nSPS) is 14.2. The summed E-state index contributed by atoms with van der Waals surface area (Å²) in [6.07, 6.45) is 1.82. The zero-order chi connectivity index (χ0) is 15.7. The summed E-state index contributed by atoms with van der Waals surface area (Å²) in [4.78, 5) is 6.56. The average molecular weight is 297 g/mol. The third-order valence-electron chi connectivity index (χ3n) is 3.50. The molecular weight excluding hydrogens is 270 g/mol. The molecule has 0 fully saturated rings. The predicted octanol–water partition coefficient (Wildman–Crippen LogP) is 1.07. The molecule has 1 rings (SSSR count). The minimum atomic E-state index is 0.0729. The van der Waals surface area contributed by atoms with Crippen molar-refractivity contribution in [2.75, 3.05) is 47.6 Å². The molecule has 21 heavy (non-hydrogen) atoms. The second-order valence-corrected chi connectivity index (χ2v) is 4.92. The zero-order valence-electron chi connectivity index (χ0n) is 13.4. The van der Waals surface area contributed by atoms with Crippen LogP contribution in [0, 0.1) is 0 Å². The lowest BCUT2D eigenvalue weighted by Crippen LogP contribution is -2.44. The van der Waals surface area contributed by atoms with Gasteiger partial charge in [0.05, 0.1) is 20.3 Å². The molecule has 0 saturated carbocycles. The van der Waals surface area contributed by atoms with Gasteiger partial charge >= 0.3 is 0 Å². The van der Waals surface area contributed by atoms with Crippen molar-refractivity contribution in [3.8, 4) is 5.88 Å². The van der Waals surface area contributed by atoms with Crippen molar-refractivity contribution >= 4 is 0 Å². The Balaban J connectivity index is 2.92. The number of aromatic nitrogens is 1. The van der Waals surface area contributed by atoms with Crippen molar-refractivity contribution in [1.29, 1.82) is 0 Å². The van der Waals surface area contributed by atoms with E-state index in [2.05, 4.69) is 16.8 Å². The van der Waals surface area contributed by atoms with Crippen molar-refractivity contribution in [1.82, 2.24) is 9.88 Å². The van der Waals surface area contributed by atoms with E-state index >= 15 is 0 Å². The number of pyridine rings is 1. The molecule has 1 aromatic rings. The summed E-state index contributed by atoms with van der Waals surface area (Å²) in [5.41, 5.74) is 7.07. The van der Waals surface area contributed by atoms with Crippen LogP contribution in [-0.2, 0) is 9.47 Å². The fourth-order valence-corrected chi connectivity index (χ4v) is 2.39. The van der Waals surface area contributed by atoms with Gasteiger partial charge in [-0.25, -0.2) is 4.98 Å². The van der Waals surface area contributed by atoms with E-state index in [1.54, 1.807) is 21.3 Å². The summed E-state index contributed by atoms with van der Waals surface area (Å²) in [5.74, 6) is 0.600. The molecule has 1 aromatic heterocycles. The number of nitrogens with two attached hydrogens (primary N) is 1. The Bertz CT molecular complexity index is 386. The highest BCUT2D eigenvalue weighted by atomic mass is 16.5. The first-order valence-electron chi connectivity index (χ1n) is 7.11. The molecule has 0 spiro atoms. The fraction of sp³-hybridized carbons (Fsp3) is 0.667. The molecule has 0 radical (unpaired) electrons. The topological polar surface area (TPSA) is 69.8 Å². The van der Waals surface area contributed by atoms with Gasteiger partial charge in [-0.1, -0.05) is 6.07 Å². The summed E-state index contributed by atoms with van der Waals surface area (Å²) in [7, 11) is 5.01. The van der Waals surface area contributed by atoms with Gasteiger partial charge in [-0.05, 0) is 12.5 Å². The Morgan fingerprint density at radius 1 is 1.24 bits per heavy atom. The smallest absolute Gasteiger partial charge is 0.212 e. The molecule has 6 heteroatoms. The van der Waals surface area contributed by atoms with E-state index in [0.29, 0.717) is 25.6 Å². The summed E-state index contributed by atoms with van der Waals surface area (Å²) >= 11 is 0. The van der Waals surface area contributed by atoms with Crippen molar-refractivity contribution in [3.05, 3.63) is 23.9 Å². The van der Waals surface area contributed by atoms with E-state index in [0.717, 1.165) is 12.1 Å². The van der Waals surface area contributed by atoms with Crippen molar-refractivity contribution < 1.29 is 14.2 Å². The zero-order valence-corrected chi connectivity index (χ0v) is 13.4. The minimum Gasteiger partial charge on any atom is -0.481 e. The lowest BCUT2D eigenvalue weighted by Gasteiger charge is -2.35. The number of methoxy groups -OCH3 is 3. The molecule has 2 atom stereocenters. The summed E-state index contributed by atoms with van der Waals surface area (Å²) < 4.78 is 15.6. The maximum Gasteiger partial charge on any atom is 0.212 e. The highest BCUT2D eigenvalue weighted by molar-refractivity contribution is 5.21. The second-order valence-electron chi connectivity index (χ2n) is 4.92. The molecule has 1 heterocycles. The molecule has 2 unspecified atom stereocenters. The van der Waals surface area contributed by atoms with E-state index in [1.807, 2.05) is 18.3 Å². The standard InChI is InChI=1S/C15H27N3O3/c1-12(11-20-3)18(7-8-19-2)14(9-16)13-5-6-15(21-4)17-10-13/h5-6,10,12,14H,7-9,11,16H2,1-4H3. The maximum absolute atomic E-state index is 6.00. The first-order chi connectivity index (χ1) is 10.2. The first kappa shape index (κ1) is 17.8. The third-order valence-corrected chi connectivity index (χ3v) is 3.50. The van der Waals surface area contributed by atoms with E-state index in [1.165, 1.54) is 0 Å². The lowest BCUT2D eigenvalue weighted by molar-refractivity contribution is 0.0485. The molecule has 0 saturated heterocycles. The van der Waals surface area contributed by atoms with Crippen LogP contribution in [-0.4, -0.2) is 63.6 Å². The third kappa shape index (κ3) is 5.24. The first-order valence-corrected chi connectivity index (χ1v) is 7.11. The number of ether oxygens (including phenoxy) is 3. The Kier molecular flexibility index (Phi) is 8.22. The molecule has 120 valence electrons. The van der Waals surface area contributed by atoms with Gasteiger partial charge in [0, 0.05) is 51.7 Å². The van der Waals surface area contributed by atoms with Gasteiger partial charge in [0.25, 0.3) is 0 Å². The Hall–Kier alpha value is -1.21. The summed E-state index contributed by atoms with van der Waals surface area (Å²) in [6.45, 7) is 4.71. The van der Waals surface area contributed by atoms with Crippen LogP contribution < -0.4 is 10.5 Å². The van der Waals surface area contributed by atoms with E-state index in [9.17, 15) is 0 Å². The molecule has 0 aliphatic heterocycles. The lowest BCUT2D eigenvalue weighted by atomic mass is 10.1. The van der Waals surface area contributed by atoms with E-state index < -0.39 is 0 Å². The molecule has 6 nitrogen and oxygen atoms in total. The molecule has 0 aliphatic carbocycles. The average Bonchev–Trinajstić information content (AvgIpc) is 2.52. The van der Waals surface area contributed by atoms with Crippen molar-refractivity contribution in [2.45, 2.75) is 19.0 Å². The molecule has 0 aromatic carbocycles. The molecule has 0 aliphatic rings. The van der Waals surface area contributed by atoms with Crippen LogP contribution in [0.25, 0.3) is 0 Å². The van der Waals surface area contributed by atoms with E-state index in [-0.39, 0.29) is 12.1 Å². The van der Waals surface area contributed by atoms with Gasteiger partial charge in [0.2, 0.25) is 5.88 Å². The fourth-order valence-electron chi connectivity index (χ4n) is 2.39. The Morgan fingerprint density at radius 3 is 2.48 bits per heavy atom. The largest absolute Gasteiger partial charge is 0.481 e. The van der Waals surface area contributed by atoms with Crippen LogP contribution in [0.15, 0.2) is 18.3 Å². The molecule has 0 amide bonds. The number of nitrogens with zero attached hydrogens (tertiary/aromatic N) is 2. The van der Waals surface area contributed by atoms with Crippen molar-refractivity contribution in [2.24, 2.45) is 5.73 Å². The highest BCUT2D eigenvalue weighted by Crippen LogP contribution is 2.22. The van der Waals surface area contributed by atoms with E-state index in [4.69, 9.17) is 19.9 Å². The van der Waals surface area contributed by atoms with Gasteiger partial charge in [0.1, 0.15) is 0 Å².